The lowest BCUT2D eigenvalue weighted by molar-refractivity contribution is -0.137. The Morgan fingerprint density at radius 1 is 0.964 bits per heavy atom. The van der Waals surface area contributed by atoms with E-state index in [1.807, 2.05) is 19.1 Å². The summed E-state index contributed by atoms with van der Waals surface area (Å²) in [6.45, 7) is 1.82. The molecule has 0 atom stereocenters. The van der Waals surface area contributed by atoms with E-state index in [4.69, 9.17) is 4.74 Å². The number of fused-ring (bicyclic) bond motifs is 1. The number of aromatic nitrogens is 5. The molecule has 1 aromatic carbocycles. The number of pyridine rings is 1. The molecule has 142 valence electrons. The number of nitrogens with zero attached hydrogens (tertiary/aromatic N) is 5. The van der Waals surface area contributed by atoms with Crippen molar-refractivity contribution in [3.05, 3.63) is 59.8 Å². The van der Waals surface area contributed by atoms with Gasteiger partial charge in [-0.1, -0.05) is 6.07 Å². The SMILES string of the molecule is COc1ccc(-n2c(-c3cccc(C)n3)nc3cc(C(F)(F)F)ccc32)nn1. The van der Waals surface area contributed by atoms with Gasteiger partial charge in [0.25, 0.3) is 0 Å². The Morgan fingerprint density at radius 3 is 2.43 bits per heavy atom. The summed E-state index contributed by atoms with van der Waals surface area (Å²) < 4.78 is 46.0. The maximum atomic E-state index is 13.1. The standard InChI is InChI=1S/C19H14F3N5O/c1-11-4-3-5-13(23-11)18-24-14-10-12(19(20,21)22)6-7-15(14)27(18)16-8-9-17(28-2)26-25-16/h3-10H,1-2H3. The molecule has 9 heteroatoms. The Kier molecular flexibility index (Phi) is 4.21. The lowest BCUT2D eigenvalue weighted by atomic mass is 10.2. The Morgan fingerprint density at radius 2 is 1.79 bits per heavy atom. The van der Waals surface area contributed by atoms with Crippen LogP contribution >= 0.6 is 0 Å². The molecule has 0 saturated heterocycles. The van der Waals surface area contributed by atoms with Crippen molar-refractivity contribution in [2.75, 3.05) is 7.11 Å². The highest BCUT2D eigenvalue weighted by atomic mass is 19.4. The summed E-state index contributed by atoms with van der Waals surface area (Å²) in [6, 6.07) is 12.1. The Hall–Kier alpha value is -3.49. The molecular weight excluding hydrogens is 371 g/mol. The molecule has 28 heavy (non-hydrogen) atoms. The molecule has 0 spiro atoms. The maximum Gasteiger partial charge on any atom is 0.416 e. The maximum absolute atomic E-state index is 13.1. The second-order valence-electron chi connectivity index (χ2n) is 6.07. The first-order valence-corrected chi connectivity index (χ1v) is 8.28. The second-order valence-corrected chi connectivity index (χ2v) is 6.07. The summed E-state index contributed by atoms with van der Waals surface area (Å²) in [5.74, 6) is 1.08. The van der Waals surface area contributed by atoms with Crippen LogP contribution in [0, 0.1) is 6.92 Å². The topological polar surface area (TPSA) is 65.7 Å². The number of imidazole rings is 1. The molecule has 3 heterocycles. The van der Waals surface area contributed by atoms with Crippen molar-refractivity contribution >= 4 is 11.0 Å². The number of ether oxygens (including phenoxy) is 1. The normalized spacial score (nSPS) is 11.8. The van der Waals surface area contributed by atoms with Crippen molar-refractivity contribution in [1.82, 2.24) is 24.7 Å². The molecule has 0 aliphatic heterocycles. The average molecular weight is 385 g/mol. The summed E-state index contributed by atoms with van der Waals surface area (Å²) in [5.41, 5.74) is 1.15. The molecule has 0 saturated carbocycles. The van der Waals surface area contributed by atoms with Gasteiger partial charge in [-0.25, -0.2) is 9.97 Å². The molecular formula is C19H14F3N5O. The minimum Gasteiger partial charge on any atom is -0.480 e. The van der Waals surface area contributed by atoms with Crippen molar-refractivity contribution in [3.63, 3.8) is 0 Å². The number of hydrogen-bond donors (Lipinski definition) is 0. The minimum atomic E-state index is -4.46. The summed E-state index contributed by atoms with van der Waals surface area (Å²) in [5, 5.41) is 8.07. The van der Waals surface area contributed by atoms with Crippen LogP contribution in [0.15, 0.2) is 48.5 Å². The highest BCUT2D eigenvalue weighted by Crippen LogP contribution is 2.33. The van der Waals surface area contributed by atoms with Gasteiger partial charge in [0, 0.05) is 11.8 Å². The number of alkyl halides is 3. The van der Waals surface area contributed by atoms with Crippen molar-refractivity contribution in [3.8, 4) is 23.2 Å². The van der Waals surface area contributed by atoms with Crippen LogP contribution in [0.25, 0.3) is 28.4 Å². The lowest BCUT2D eigenvalue weighted by Crippen LogP contribution is -2.05. The van der Waals surface area contributed by atoms with Crippen LogP contribution < -0.4 is 4.74 Å². The fourth-order valence-electron chi connectivity index (χ4n) is 2.87. The highest BCUT2D eigenvalue weighted by molar-refractivity contribution is 5.83. The number of halogens is 3. The summed E-state index contributed by atoms with van der Waals surface area (Å²) in [6.07, 6.45) is -4.46. The summed E-state index contributed by atoms with van der Waals surface area (Å²) >= 11 is 0. The van der Waals surface area contributed by atoms with Crippen LogP contribution in [0.5, 0.6) is 5.88 Å². The minimum absolute atomic E-state index is 0.186. The Bertz CT molecular complexity index is 1150. The number of methoxy groups -OCH3 is 1. The number of hydrogen-bond acceptors (Lipinski definition) is 5. The predicted octanol–water partition coefficient (Wildman–Crippen LogP) is 4.21. The molecule has 6 nitrogen and oxygen atoms in total. The quantitative estimate of drug-likeness (QED) is 0.529. The van der Waals surface area contributed by atoms with Gasteiger partial charge >= 0.3 is 6.18 Å². The van der Waals surface area contributed by atoms with Crippen LogP contribution in [0.4, 0.5) is 13.2 Å². The van der Waals surface area contributed by atoms with E-state index in [0.717, 1.165) is 17.8 Å². The zero-order valence-electron chi connectivity index (χ0n) is 14.9. The monoisotopic (exact) mass is 385 g/mol. The molecule has 0 unspecified atom stereocenters. The Balaban J connectivity index is 1.99. The third kappa shape index (κ3) is 3.15. The largest absolute Gasteiger partial charge is 0.480 e. The van der Waals surface area contributed by atoms with Gasteiger partial charge in [0.05, 0.1) is 23.7 Å². The fraction of sp³-hybridized carbons (Fsp3) is 0.158. The van der Waals surface area contributed by atoms with E-state index < -0.39 is 11.7 Å². The molecule has 0 radical (unpaired) electrons. The fourth-order valence-corrected chi connectivity index (χ4v) is 2.87. The van der Waals surface area contributed by atoms with E-state index in [1.54, 1.807) is 22.8 Å². The van der Waals surface area contributed by atoms with Crippen molar-refractivity contribution < 1.29 is 17.9 Å². The van der Waals surface area contributed by atoms with Crippen molar-refractivity contribution in [2.45, 2.75) is 13.1 Å². The van der Waals surface area contributed by atoms with E-state index in [1.165, 1.54) is 13.2 Å². The van der Waals surface area contributed by atoms with Crippen LogP contribution in [0.2, 0.25) is 0 Å². The molecule has 4 aromatic rings. The third-order valence-electron chi connectivity index (χ3n) is 4.16. The first kappa shape index (κ1) is 17.9. The third-order valence-corrected chi connectivity index (χ3v) is 4.16. The summed E-state index contributed by atoms with van der Waals surface area (Å²) in [4.78, 5) is 8.87. The lowest BCUT2D eigenvalue weighted by Gasteiger charge is -2.09. The zero-order valence-corrected chi connectivity index (χ0v) is 14.9. The van der Waals surface area contributed by atoms with Crippen LogP contribution in [0.1, 0.15) is 11.3 Å². The summed E-state index contributed by atoms with van der Waals surface area (Å²) in [7, 11) is 1.47. The number of aryl methyl sites for hydroxylation is 1. The van der Waals surface area contributed by atoms with Crippen LogP contribution in [-0.4, -0.2) is 31.8 Å². The van der Waals surface area contributed by atoms with E-state index in [2.05, 4.69) is 20.2 Å². The molecule has 0 N–H and O–H groups in total. The van der Waals surface area contributed by atoms with E-state index >= 15 is 0 Å². The van der Waals surface area contributed by atoms with Crippen LogP contribution in [0.3, 0.4) is 0 Å². The van der Waals surface area contributed by atoms with Gasteiger partial charge < -0.3 is 4.74 Å². The average Bonchev–Trinajstić information content (AvgIpc) is 3.06. The van der Waals surface area contributed by atoms with Gasteiger partial charge in [-0.15, -0.1) is 10.2 Å². The van der Waals surface area contributed by atoms with Gasteiger partial charge in [0.1, 0.15) is 5.69 Å². The van der Waals surface area contributed by atoms with Gasteiger partial charge in [-0.05, 0) is 43.3 Å². The molecule has 4 rings (SSSR count). The second kappa shape index (κ2) is 6.59. The van der Waals surface area contributed by atoms with Gasteiger partial charge in [-0.2, -0.15) is 13.2 Å². The molecule has 0 bridgehead atoms. The first-order chi connectivity index (χ1) is 13.4. The molecule has 0 aliphatic rings. The molecule has 3 aromatic heterocycles. The van der Waals surface area contributed by atoms with Crippen molar-refractivity contribution in [2.24, 2.45) is 0 Å². The van der Waals surface area contributed by atoms with Gasteiger partial charge in [0.15, 0.2) is 11.6 Å². The predicted molar refractivity (Wildman–Crippen MR) is 96.2 cm³/mol. The van der Waals surface area contributed by atoms with Crippen LogP contribution in [-0.2, 0) is 6.18 Å². The van der Waals surface area contributed by atoms with E-state index in [0.29, 0.717) is 28.7 Å². The zero-order chi connectivity index (χ0) is 19.9. The number of benzene rings is 1. The van der Waals surface area contributed by atoms with Gasteiger partial charge in [0.2, 0.25) is 5.88 Å². The van der Waals surface area contributed by atoms with E-state index in [-0.39, 0.29) is 5.52 Å². The van der Waals surface area contributed by atoms with E-state index in [9.17, 15) is 13.2 Å². The smallest absolute Gasteiger partial charge is 0.416 e. The Labute approximate surface area is 157 Å². The molecule has 0 amide bonds. The van der Waals surface area contributed by atoms with Crippen molar-refractivity contribution in [1.29, 1.82) is 0 Å². The highest BCUT2D eigenvalue weighted by Gasteiger charge is 2.31. The molecule has 0 aliphatic carbocycles. The first-order valence-electron chi connectivity index (χ1n) is 8.28. The number of rotatable bonds is 3. The molecule has 0 fully saturated rings. The van der Waals surface area contributed by atoms with Gasteiger partial charge in [-0.3, -0.25) is 4.57 Å².